The monoisotopic (exact) mass is 282 g/mol. The third-order valence-corrected chi connectivity index (χ3v) is 5.24. The molecule has 0 aliphatic heterocycles. The van der Waals surface area contributed by atoms with Gasteiger partial charge >= 0.3 is 5.97 Å². The van der Waals surface area contributed by atoms with Gasteiger partial charge in [0.1, 0.15) is 5.54 Å². The van der Waals surface area contributed by atoms with Crippen LogP contribution in [0.2, 0.25) is 0 Å². The van der Waals surface area contributed by atoms with Crippen LogP contribution in [0.15, 0.2) is 0 Å². The fourth-order valence-electron chi connectivity index (χ4n) is 3.75. The summed E-state index contributed by atoms with van der Waals surface area (Å²) in [6.45, 7) is 6.38. The van der Waals surface area contributed by atoms with E-state index in [1.54, 1.807) is 0 Å². The highest BCUT2D eigenvalue weighted by Crippen LogP contribution is 2.40. The van der Waals surface area contributed by atoms with Gasteiger partial charge in [0.25, 0.3) is 0 Å². The van der Waals surface area contributed by atoms with Gasteiger partial charge in [0.2, 0.25) is 0 Å². The van der Waals surface area contributed by atoms with Crippen LogP contribution in [0.1, 0.15) is 46.0 Å². The van der Waals surface area contributed by atoms with Gasteiger partial charge in [0, 0.05) is 12.6 Å². The number of ether oxygens (including phenoxy) is 1. The summed E-state index contributed by atoms with van der Waals surface area (Å²) in [4.78, 5) is 14.7. The largest absolute Gasteiger partial charge is 0.468 e. The molecule has 4 nitrogen and oxygen atoms in total. The minimum Gasteiger partial charge on any atom is -0.468 e. The van der Waals surface area contributed by atoms with Gasteiger partial charge in [-0.15, -0.1) is 0 Å². The van der Waals surface area contributed by atoms with E-state index in [9.17, 15) is 4.79 Å². The van der Waals surface area contributed by atoms with Crippen molar-refractivity contribution < 1.29 is 9.53 Å². The highest BCUT2D eigenvalue weighted by atomic mass is 16.5. The molecule has 0 spiro atoms. The summed E-state index contributed by atoms with van der Waals surface area (Å²) in [6, 6.07) is 0.495. The van der Waals surface area contributed by atoms with Crippen LogP contribution in [-0.2, 0) is 9.53 Å². The third-order valence-electron chi connectivity index (χ3n) is 5.24. The minimum absolute atomic E-state index is 0.0859. The van der Waals surface area contributed by atoms with Crippen molar-refractivity contribution in [2.24, 2.45) is 11.8 Å². The van der Waals surface area contributed by atoms with Crippen molar-refractivity contribution in [2.45, 2.75) is 57.5 Å². The third kappa shape index (κ3) is 3.34. The van der Waals surface area contributed by atoms with Crippen LogP contribution in [0.5, 0.6) is 0 Å². The number of rotatable bonds is 6. The van der Waals surface area contributed by atoms with Crippen LogP contribution in [0.3, 0.4) is 0 Å². The molecule has 116 valence electrons. The van der Waals surface area contributed by atoms with E-state index in [0.29, 0.717) is 6.04 Å². The van der Waals surface area contributed by atoms with E-state index < -0.39 is 5.54 Å². The number of nitrogens with one attached hydrogen (secondary N) is 1. The number of esters is 1. The number of nitrogens with zero attached hydrogens (tertiary/aromatic N) is 1. The predicted octanol–water partition coefficient (Wildman–Crippen LogP) is 2.04. The zero-order valence-corrected chi connectivity index (χ0v) is 13.4. The van der Waals surface area contributed by atoms with Crippen molar-refractivity contribution in [3.05, 3.63) is 0 Å². The molecule has 2 fully saturated rings. The second-order valence-electron chi connectivity index (χ2n) is 6.77. The Labute approximate surface area is 123 Å². The SMILES string of the molecule is CCNC1(C(=O)OC)CCCC(N(C)CC2CC2C)C1. The van der Waals surface area contributed by atoms with Gasteiger partial charge in [-0.3, -0.25) is 4.79 Å². The van der Waals surface area contributed by atoms with Crippen molar-refractivity contribution in [3.8, 4) is 0 Å². The molecule has 0 bridgehead atoms. The topological polar surface area (TPSA) is 41.6 Å². The molecule has 2 rings (SSSR count). The Morgan fingerprint density at radius 3 is 2.75 bits per heavy atom. The first-order valence-electron chi connectivity index (χ1n) is 8.06. The van der Waals surface area contributed by atoms with E-state index in [0.717, 1.165) is 37.6 Å². The number of carbonyl (C=O) groups excluding carboxylic acids is 1. The van der Waals surface area contributed by atoms with Gasteiger partial charge in [-0.25, -0.2) is 0 Å². The molecule has 0 amide bonds. The highest BCUT2D eigenvalue weighted by molar-refractivity contribution is 5.81. The molecule has 2 aliphatic rings. The average Bonchev–Trinajstić information content (AvgIpc) is 3.13. The molecule has 0 heterocycles. The molecule has 4 heteroatoms. The van der Waals surface area contributed by atoms with Gasteiger partial charge in [0.15, 0.2) is 0 Å². The van der Waals surface area contributed by atoms with E-state index in [1.165, 1.54) is 26.5 Å². The number of hydrogen-bond acceptors (Lipinski definition) is 4. The Morgan fingerprint density at radius 2 is 2.20 bits per heavy atom. The van der Waals surface area contributed by atoms with Crippen molar-refractivity contribution in [1.29, 1.82) is 0 Å². The van der Waals surface area contributed by atoms with Crippen molar-refractivity contribution in [2.75, 3.05) is 27.2 Å². The molecule has 1 N–H and O–H groups in total. The van der Waals surface area contributed by atoms with E-state index in [2.05, 4.69) is 31.1 Å². The molecule has 0 aromatic carbocycles. The molecule has 0 aromatic heterocycles. The van der Waals surface area contributed by atoms with Crippen molar-refractivity contribution in [1.82, 2.24) is 10.2 Å². The molecule has 0 radical (unpaired) electrons. The van der Waals surface area contributed by atoms with Crippen LogP contribution in [0, 0.1) is 11.8 Å². The average molecular weight is 282 g/mol. The van der Waals surface area contributed by atoms with Gasteiger partial charge in [-0.1, -0.05) is 13.8 Å². The summed E-state index contributed by atoms with van der Waals surface area (Å²) in [6.07, 6.45) is 5.44. The van der Waals surface area contributed by atoms with Gasteiger partial charge in [-0.05, 0) is 57.5 Å². The fraction of sp³-hybridized carbons (Fsp3) is 0.938. The second-order valence-corrected chi connectivity index (χ2v) is 6.77. The summed E-state index contributed by atoms with van der Waals surface area (Å²) in [5.74, 6) is 1.67. The summed E-state index contributed by atoms with van der Waals surface area (Å²) in [7, 11) is 3.72. The van der Waals surface area contributed by atoms with E-state index in [-0.39, 0.29) is 5.97 Å². The van der Waals surface area contributed by atoms with Crippen molar-refractivity contribution in [3.63, 3.8) is 0 Å². The lowest BCUT2D eigenvalue weighted by Crippen LogP contribution is -2.58. The first kappa shape index (κ1) is 15.8. The summed E-state index contributed by atoms with van der Waals surface area (Å²) >= 11 is 0. The Hall–Kier alpha value is -0.610. The fourth-order valence-corrected chi connectivity index (χ4v) is 3.75. The molecule has 2 saturated carbocycles. The molecular weight excluding hydrogens is 252 g/mol. The maximum absolute atomic E-state index is 12.2. The van der Waals surface area contributed by atoms with Gasteiger partial charge < -0.3 is 15.0 Å². The lowest BCUT2D eigenvalue weighted by Gasteiger charge is -2.42. The lowest BCUT2D eigenvalue weighted by atomic mass is 9.78. The standard InChI is InChI=1S/C16H30N2O2/c1-5-17-16(15(19)20-4)8-6-7-14(10-16)18(3)11-13-9-12(13)2/h12-14,17H,5-11H2,1-4H3. The molecule has 0 aromatic rings. The number of likely N-dealkylation sites (N-methyl/N-ethyl adjacent to an activating group) is 1. The molecule has 20 heavy (non-hydrogen) atoms. The summed E-state index contributed by atoms with van der Waals surface area (Å²) < 4.78 is 5.06. The van der Waals surface area contributed by atoms with Crippen LogP contribution < -0.4 is 5.32 Å². The maximum Gasteiger partial charge on any atom is 0.326 e. The highest BCUT2D eigenvalue weighted by Gasteiger charge is 2.45. The molecule has 0 saturated heterocycles. The minimum atomic E-state index is -0.462. The van der Waals surface area contributed by atoms with Gasteiger partial charge in [0.05, 0.1) is 7.11 Å². The number of hydrogen-bond donors (Lipinski definition) is 1. The maximum atomic E-state index is 12.2. The smallest absolute Gasteiger partial charge is 0.326 e. The first-order chi connectivity index (χ1) is 9.52. The van der Waals surface area contributed by atoms with Crippen molar-refractivity contribution >= 4 is 5.97 Å². The first-order valence-corrected chi connectivity index (χ1v) is 8.06. The number of carbonyl (C=O) groups is 1. The normalized spacial score (nSPS) is 37.0. The Kier molecular flexibility index (Phi) is 5.08. The Morgan fingerprint density at radius 1 is 1.50 bits per heavy atom. The summed E-state index contributed by atoms with van der Waals surface area (Å²) in [5, 5.41) is 3.41. The number of methoxy groups -OCH3 is 1. The molecule has 2 aliphatic carbocycles. The van der Waals surface area contributed by atoms with Crippen LogP contribution in [0.4, 0.5) is 0 Å². The Bertz CT molecular complexity index is 343. The van der Waals surface area contributed by atoms with Gasteiger partial charge in [-0.2, -0.15) is 0 Å². The Balaban J connectivity index is 1.99. The molecule has 4 unspecified atom stereocenters. The summed E-state index contributed by atoms with van der Waals surface area (Å²) in [5.41, 5.74) is -0.462. The predicted molar refractivity (Wildman–Crippen MR) is 80.6 cm³/mol. The van der Waals surface area contributed by atoms with E-state index in [4.69, 9.17) is 4.74 Å². The van der Waals surface area contributed by atoms with E-state index >= 15 is 0 Å². The molecule has 4 atom stereocenters. The zero-order chi connectivity index (χ0) is 14.8. The quantitative estimate of drug-likeness (QED) is 0.757. The van der Waals surface area contributed by atoms with Crippen LogP contribution in [-0.4, -0.2) is 49.7 Å². The molecular formula is C16H30N2O2. The zero-order valence-electron chi connectivity index (χ0n) is 13.4. The second kappa shape index (κ2) is 6.44. The lowest BCUT2D eigenvalue weighted by molar-refractivity contribution is -0.151. The van der Waals surface area contributed by atoms with Crippen LogP contribution >= 0.6 is 0 Å². The van der Waals surface area contributed by atoms with Crippen LogP contribution in [0.25, 0.3) is 0 Å². The van der Waals surface area contributed by atoms with E-state index in [1.807, 2.05) is 0 Å².